The normalized spacial score (nSPS) is 17.0. The lowest BCUT2D eigenvalue weighted by Crippen LogP contribution is -2.33. The molecule has 0 bridgehead atoms. The maximum Gasteiger partial charge on any atom is 0.226 e. The van der Waals surface area contributed by atoms with E-state index in [1.165, 1.54) is 0 Å². The third kappa shape index (κ3) is 4.78. The molecule has 2 N–H and O–H groups in total. The molecule has 2 atom stereocenters. The third-order valence-electron chi connectivity index (χ3n) is 6.17. The summed E-state index contributed by atoms with van der Waals surface area (Å²) in [5, 5.41) is 6.98. The van der Waals surface area contributed by atoms with Crippen LogP contribution < -0.4 is 15.4 Å². The van der Waals surface area contributed by atoms with Gasteiger partial charge in [-0.15, -0.1) is 0 Å². The highest BCUT2D eigenvalue weighted by molar-refractivity contribution is 7.80. The molecule has 4 heterocycles. The number of methoxy groups -OCH3 is 1. The number of thiocarbonyl (C=S) groups is 1. The SMILES string of the molecule is COc1ccccc1NC(=O)CCN1C(=S)N[C@@H](c2ccccn2)[C@H]1c1cccn1-c1cccnc1. The van der Waals surface area contributed by atoms with Gasteiger partial charge >= 0.3 is 0 Å². The van der Waals surface area contributed by atoms with Crippen molar-refractivity contribution in [2.24, 2.45) is 0 Å². The molecule has 1 aliphatic rings. The summed E-state index contributed by atoms with van der Waals surface area (Å²) in [6, 6.07) is 20.8. The molecule has 3 aromatic heterocycles. The van der Waals surface area contributed by atoms with Gasteiger partial charge in [-0.3, -0.25) is 14.8 Å². The van der Waals surface area contributed by atoms with Crippen molar-refractivity contribution < 1.29 is 9.53 Å². The number of ether oxygens (including phenoxy) is 1. The fourth-order valence-corrected chi connectivity index (χ4v) is 4.85. The molecule has 4 aromatic rings. The first-order valence-corrected chi connectivity index (χ1v) is 12.0. The van der Waals surface area contributed by atoms with Crippen molar-refractivity contribution >= 4 is 28.9 Å². The minimum Gasteiger partial charge on any atom is -0.495 e. The Bertz CT molecular complexity index is 1340. The smallest absolute Gasteiger partial charge is 0.226 e. The third-order valence-corrected chi connectivity index (χ3v) is 6.52. The van der Waals surface area contributed by atoms with Gasteiger partial charge in [0.1, 0.15) is 5.75 Å². The van der Waals surface area contributed by atoms with Crippen LogP contribution in [0.25, 0.3) is 5.69 Å². The van der Waals surface area contributed by atoms with E-state index in [9.17, 15) is 4.79 Å². The van der Waals surface area contributed by atoms with Crippen LogP contribution in [0.5, 0.6) is 5.75 Å². The molecule has 8 nitrogen and oxygen atoms in total. The average Bonchev–Trinajstić information content (AvgIpc) is 3.53. The molecule has 0 unspecified atom stereocenters. The van der Waals surface area contributed by atoms with Crippen molar-refractivity contribution in [1.82, 2.24) is 24.8 Å². The lowest BCUT2D eigenvalue weighted by Gasteiger charge is -2.28. The van der Waals surface area contributed by atoms with Crippen LogP contribution in [0, 0.1) is 0 Å². The van der Waals surface area contributed by atoms with Crippen molar-refractivity contribution in [2.75, 3.05) is 19.0 Å². The predicted molar refractivity (Wildman–Crippen MR) is 142 cm³/mol. The first kappa shape index (κ1) is 23.5. The van der Waals surface area contributed by atoms with E-state index >= 15 is 0 Å². The van der Waals surface area contributed by atoms with E-state index in [0.29, 0.717) is 23.1 Å². The van der Waals surface area contributed by atoms with Crippen molar-refractivity contribution in [3.63, 3.8) is 0 Å². The monoisotopic (exact) mass is 498 g/mol. The molecule has 0 radical (unpaired) electrons. The number of nitrogens with zero attached hydrogens (tertiary/aromatic N) is 4. The van der Waals surface area contributed by atoms with Crippen LogP contribution in [0.2, 0.25) is 0 Å². The number of aromatic nitrogens is 3. The van der Waals surface area contributed by atoms with Gasteiger partial charge in [-0.25, -0.2) is 0 Å². The molecular weight excluding hydrogens is 472 g/mol. The number of para-hydroxylation sites is 2. The van der Waals surface area contributed by atoms with Gasteiger partial charge in [0.2, 0.25) is 5.91 Å². The second kappa shape index (κ2) is 10.6. The van der Waals surface area contributed by atoms with Crippen LogP contribution in [0.15, 0.2) is 91.5 Å². The molecule has 0 spiro atoms. The topological polar surface area (TPSA) is 84.3 Å². The zero-order valence-corrected chi connectivity index (χ0v) is 20.6. The van der Waals surface area contributed by atoms with Gasteiger partial charge in [0.25, 0.3) is 0 Å². The van der Waals surface area contributed by atoms with Gasteiger partial charge in [0.15, 0.2) is 5.11 Å². The number of carbonyl (C=O) groups is 1. The molecule has 1 aromatic carbocycles. The quantitative estimate of drug-likeness (QED) is 0.351. The standard InChI is InChI=1S/C27H26N6O2S/c1-35-23-12-3-2-9-20(23)30-24(34)13-17-33-26(25(31-27(33)36)21-10-4-5-15-29-21)22-11-7-16-32(22)19-8-6-14-28-18-19/h2-12,14-16,18,25-26H,13,17H2,1H3,(H,30,34)(H,31,36)/t25-,26+/m0/s1. The summed E-state index contributed by atoms with van der Waals surface area (Å²) in [6.07, 6.45) is 7.61. The van der Waals surface area contributed by atoms with Crippen LogP contribution in [0.1, 0.15) is 29.9 Å². The van der Waals surface area contributed by atoms with Crippen LogP contribution in [0.3, 0.4) is 0 Å². The summed E-state index contributed by atoms with van der Waals surface area (Å²) in [6.45, 7) is 0.430. The molecule has 1 fully saturated rings. The summed E-state index contributed by atoms with van der Waals surface area (Å²) < 4.78 is 7.46. The summed E-state index contributed by atoms with van der Waals surface area (Å²) in [4.78, 5) is 23.8. The average molecular weight is 499 g/mol. The Morgan fingerprint density at radius 2 is 1.94 bits per heavy atom. The number of pyridine rings is 2. The Kier molecular flexibility index (Phi) is 6.90. The Balaban J connectivity index is 1.43. The number of carbonyl (C=O) groups excluding carboxylic acids is 1. The summed E-state index contributed by atoms with van der Waals surface area (Å²) in [5.74, 6) is 0.497. The number of benzene rings is 1. The largest absolute Gasteiger partial charge is 0.495 e. The lowest BCUT2D eigenvalue weighted by molar-refractivity contribution is -0.116. The van der Waals surface area contributed by atoms with E-state index < -0.39 is 0 Å². The van der Waals surface area contributed by atoms with E-state index in [0.717, 1.165) is 17.1 Å². The minimum atomic E-state index is -0.179. The van der Waals surface area contributed by atoms with Crippen LogP contribution in [-0.4, -0.2) is 44.1 Å². The molecule has 0 aliphatic carbocycles. The van der Waals surface area contributed by atoms with Crippen LogP contribution >= 0.6 is 12.2 Å². The molecular formula is C27H26N6O2S. The van der Waals surface area contributed by atoms with E-state index in [1.54, 1.807) is 19.5 Å². The maximum atomic E-state index is 12.9. The van der Waals surface area contributed by atoms with Crippen molar-refractivity contribution in [2.45, 2.75) is 18.5 Å². The van der Waals surface area contributed by atoms with Crippen molar-refractivity contribution in [1.29, 1.82) is 0 Å². The van der Waals surface area contributed by atoms with Gasteiger partial charge in [-0.1, -0.05) is 18.2 Å². The lowest BCUT2D eigenvalue weighted by atomic mass is 10.0. The molecule has 5 rings (SSSR count). The Labute approximate surface area is 215 Å². The fourth-order valence-electron chi connectivity index (χ4n) is 4.52. The number of hydrogen-bond acceptors (Lipinski definition) is 5. The fraction of sp³-hybridized carbons (Fsp3) is 0.185. The molecule has 1 aliphatic heterocycles. The van der Waals surface area contributed by atoms with Crippen molar-refractivity contribution in [3.8, 4) is 11.4 Å². The summed E-state index contributed by atoms with van der Waals surface area (Å²) in [5.41, 5.74) is 3.49. The molecule has 1 saturated heterocycles. The molecule has 36 heavy (non-hydrogen) atoms. The molecule has 9 heteroatoms. The molecule has 1 amide bonds. The highest BCUT2D eigenvalue weighted by Crippen LogP contribution is 2.39. The van der Waals surface area contributed by atoms with E-state index in [4.69, 9.17) is 17.0 Å². The predicted octanol–water partition coefficient (Wildman–Crippen LogP) is 4.28. The first-order valence-electron chi connectivity index (χ1n) is 11.6. The zero-order chi connectivity index (χ0) is 24.9. The van der Waals surface area contributed by atoms with Crippen molar-refractivity contribution in [3.05, 3.63) is 103 Å². The number of rotatable bonds is 8. The summed E-state index contributed by atoms with van der Waals surface area (Å²) in [7, 11) is 1.58. The second-order valence-corrected chi connectivity index (χ2v) is 8.72. The van der Waals surface area contributed by atoms with Gasteiger partial charge in [0, 0.05) is 37.3 Å². The minimum absolute atomic E-state index is 0.120. The second-order valence-electron chi connectivity index (χ2n) is 8.33. The van der Waals surface area contributed by atoms with E-state index in [2.05, 4.69) is 36.1 Å². The number of amides is 1. The number of hydrogen-bond donors (Lipinski definition) is 2. The molecule has 0 saturated carbocycles. The van der Waals surface area contributed by atoms with Crippen LogP contribution in [-0.2, 0) is 4.79 Å². The number of anilines is 1. The van der Waals surface area contributed by atoms with Gasteiger partial charge in [0.05, 0.1) is 42.5 Å². The Hall–Kier alpha value is -4.24. The highest BCUT2D eigenvalue weighted by Gasteiger charge is 2.41. The zero-order valence-electron chi connectivity index (χ0n) is 19.7. The first-order chi connectivity index (χ1) is 17.7. The highest BCUT2D eigenvalue weighted by atomic mass is 32.1. The van der Waals surface area contributed by atoms with Gasteiger partial charge in [-0.05, 0) is 60.7 Å². The Morgan fingerprint density at radius 3 is 2.72 bits per heavy atom. The van der Waals surface area contributed by atoms with Gasteiger partial charge in [-0.2, -0.15) is 0 Å². The number of nitrogens with one attached hydrogen (secondary N) is 2. The van der Waals surface area contributed by atoms with Gasteiger partial charge < -0.3 is 24.8 Å². The summed E-state index contributed by atoms with van der Waals surface area (Å²) >= 11 is 5.76. The molecule has 182 valence electrons. The van der Waals surface area contributed by atoms with E-state index in [-0.39, 0.29) is 24.4 Å². The maximum absolute atomic E-state index is 12.9. The van der Waals surface area contributed by atoms with E-state index in [1.807, 2.05) is 73.1 Å². The Morgan fingerprint density at radius 1 is 1.08 bits per heavy atom. The van der Waals surface area contributed by atoms with Crippen LogP contribution in [0.4, 0.5) is 5.69 Å².